The summed E-state index contributed by atoms with van der Waals surface area (Å²) in [5.74, 6) is -1.28. The fourth-order valence-corrected chi connectivity index (χ4v) is 2.32. The summed E-state index contributed by atoms with van der Waals surface area (Å²) in [5.41, 5.74) is 0.0648. The van der Waals surface area contributed by atoms with Crippen molar-refractivity contribution >= 4 is 17.7 Å². The summed E-state index contributed by atoms with van der Waals surface area (Å²) in [5, 5.41) is 12.6. The topological polar surface area (TPSA) is 101 Å². The Morgan fingerprint density at radius 3 is 2.74 bits per heavy atom. The average Bonchev–Trinajstić information content (AvgIpc) is 2.75. The van der Waals surface area contributed by atoms with Crippen LogP contribution in [-0.4, -0.2) is 45.4 Å². The van der Waals surface area contributed by atoms with Crippen molar-refractivity contribution in [3.63, 3.8) is 0 Å². The molecule has 0 radical (unpaired) electrons. The first kappa shape index (κ1) is 13.3. The normalized spacial score (nSPS) is 23.5. The number of carbonyl (C=O) groups is 3. The van der Waals surface area contributed by atoms with Crippen LogP contribution in [0, 0.1) is 12.8 Å². The molecule has 0 aliphatic carbocycles. The average molecular weight is 266 g/mol. The number of amides is 1. The van der Waals surface area contributed by atoms with E-state index in [2.05, 4.69) is 5.16 Å². The van der Waals surface area contributed by atoms with Crippen LogP contribution in [0.25, 0.3) is 0 Å². The molecule has 2 atom stereocenters. The number of hydrogen-bond acceptors (Lipinski definition) is 5. The predicted octanol–water partition coefficient (Wildman–Crippen LogP) is 1.12. The Balaban J connectivity index is 2.28. The van der Waals surface area contributed by atoms with Crippen LogP contribution in [0.4, 0.5) is 4.79 Å². The van der Waals surface area contributed by atoms with E-state index in [0.29, 0.717) is 5.76 Å². The zero-order valence-corrected chi connectivity index (χ0v) is 10.6. The van der Waals surface area contributed by atoms with Crippen LogP contribution in [0.15, 0.2) is 10.6 Å². The van der Waals surface area contributed by atoms with Crippen molar-refractivity contribution in [3.05, 3.63) is 17.5 Å². The van der Waals surface area contributed by atoms with Crippen LogP contribution >= 0.6 is 0 Å². The zero-order chi connectivity index (χ0) is 14.2. The summed E-state index contributed by atoms with van der Waals surface area (Å²) in [6, 6.07) is 0.755. The van der Waals surface area contributed by atoms with E-state index in [1.165, 1.54) is 6.07 Å². The van der Waals surface area contributed by atoms with Gasteiger partial charge < -0.3 is 14.5 Å². The Morgan fingerprint density at radius 2 is 2.21 bits per heavy atom. The van der Waals surface area contributed by atoms with Crippen molar-refractivity contribution in [3.8, 4) is 0 Å². The van der Waals surface area contributed by atoms with Crippen molar-refractivity contribution in [2.24, 2.45) is 5.92 Å². The highest BCUT2D eigenvalue weighted by molar-refractivity contribution is 6.11. The van der Waals surface area contributed by atoms with Crippen molar-refractivity contribution < 1.29 is 24.0 Å². The summed E-state index contributed by atoms with van der Waals surface area (Å²) in [7, 11) is 0. The lowest BCUT2D eigenvalue weighted by Gasteiger charge is -2.35. The van der Waals surface area contributed by atoms with E-state index in [-0.39, 0.29) is 24.4 Å². The number of aryl methyl sites for hydroxylation is 1. The highest BCUT2D eigenvalue weighted by Gasteiger charge is 2.42. The number of ketones is 2. The lowest BCUT2D eigenvalue weighted by molar-refractivity contribution is -0.125. The molecule has 1 aromatic heterocycles. The van der Waals surface area contributed by atoms with Crippen LogP contribution in [0.5, 0.6) is 0 Å². The van der Waals surface area contributed by atoms with Crippen LogP contribution in [0.3, 0.4) is 0 Å². The number of rotatable bonds is 2. The van der Waals surface area contributed by atoms with E-state index >= 15 is 0 Å². The summed E-state index contributed by atoms with van der Waals surface area (Å²) in [6.45, 7) is 3.32. The molecule has 1 fully saturated rings. The Kier molecular flexibility index (Phi) is 3.37. The molecule has 0 aromatic carbocycles. The highest BCUT2D eigenvalue weighted by Crippen LogP contribution is 2.24. The first-order valence-electron chi connectivity index (χ1n) is 5.91. The molecule has 0 saturated carbocycles. The minimum atomic E-state index is -1.13. The number of hydrogen-bond donors (Lipinski definition) is 1. The van der Waals surface area contributed by atoms with Gasteiger partial charge in [-0.05, 0) is 13.8 Å². The maximum atomic E-state index is 12.2. The van der Waals surface area contributed by atoms with Gasteiger partial charge in [0.1, 0.15) is 17.5 Å². The highest BCUT2D eigenvalue weighted by atomic mass is 16.5. The third-order valence-electron chi connectivity index (χ3n) is 3.33. The molecule has 102 valence electrons. The summed E-state index contributed by atoms with van der Waals surface area (Å²) >= 11 is 0. The molecule has 7 heteroatoms. The number of likely N-dealkylation sites (tertiary alicyclic amines) is 1. The largest absolute Gasteiger partial charge is 0.465 e. The number of nitrogens with zero attached hydrogens (tertiary/aromatic N) is 2. The Morgan fingerprint density at radius 1 is 1.53 bits per heavy atom. The van der Waals surface area contributed by atoms with Crippen LogP contribution in [0.1, 0.15) is 29.6 Å². The predicted molar refractivity (Wildman–Crippen MR) is 62.9 cm³/mol. The van der Waals surface area contributed by atoms with Gasteiger partial charge in [-0.15, -0.1) is 0 Å². The van der Waals surface area contributed by atoms with Gasteiger partial charge in [-0.25, -0.2) is 4.79 Å². The molecule has 1 unspecified atom stereocenters. The standard InChI is InChI=1S/C12H14N2O5/c1-6-5-8(13-19-6)11(16)10-7(2)14(12(17)18)4-3-9(10)15/h5,7,10H,3-4H2,1-2H3,(H,17,18)/t7-,10?/m0/s1. The molecule has 1 aliphatic heterocycles. The molecule has 1 amide bonds. The lowest BCUT2D eigenvalue weighted by atomic mass is 9.84. The maximum absolute atomic E-state index is 12.2. The van der Waals surface area contributed by atoms with E-state index in [1.807, 2.05) is 0 Å². The molecular weight excluding hydrogens is 252 g/mol. The fourth-order valence-electron chi connectivity index (χ4n) is 2.32. The molecule has 2 rings (SSSR count). The van der Waals surface area contributed by atoms with E-state index in [1.54, 1.807) is 13.8 Å². The molecule has 2 heterocycles. The van der Waals surface area contributed by atoms with Gasteiger partial charge in [0.2, 0.25) is 0 Å². The molecule has 0 bridgehead atoms. The van der Waals surface area contributed by atoms with E-state index in [0.717, 1.165) is 4.90 Å². The molecule has 0 spiro atoms. The minimum absolute atomic E-state index is 0.0455. The Bertz CT molecular complexity index is 536. The van der Waals surface area contributed by atoms with Gasteiger partial charge in [0.05, 0.1) is 0 Å². The number of piperidine rings is 1. The third kappa shape index (κ3) is 2.35. The molecule has 1 aliphatic rings. The first-order chi connectivity index (χ1) is 8.91. The molecule has 7 nitrogen and oxygen atoms in total. The van der Waals surface area contributed by atoms with E-state index < -0.39 is 23.8 Å². The first-order valence-corrected chi connectivity index (χ1v) is 5.91. The van der Waals surface area contributed by atoms with Crippen molar-refractivity contribution in [1.82, 2.24) is 10.1 Å². The van der Waals surface area contributed by atoms with Crippen LogP contribution < -0.4 is 0 Å². The molecule has 1 saturated heterocycles. The fraction of sp³-hybridized carbons (Fsp3) is 0.500. The minimum Gasteiger partial charge on any atom is -0.465 e. The van der Waals surface area contributed by atoms with E-state index in [9.17, 15) is 14.4 Å². The summed E-state index contributed by atoms with van der Waals surface area (Å²) in [6.07, 6.45) is -1.08. The second-order valence-electron chi connectivity index (χ2n) is 4.60. The van der Waals surface area contributed by atoms with Crippen molar-refractivity contribution in [1.29, 1.82) is 0 Å². The molecule has 1 N–H and O–H groups in total. The van der Waals surface area contributed by atoms with Crippen molar-refractivity contribution in [2.75, 3.05) is 6.54 Å². The number of Topliss-reactive ketones (excluding diaryl/α,β-unsaturated/α-hetero) is 2. The monoisotopic (exact) mass is 266 g/mol. The van der Waals surface area contributed by atoms with Gasteiger partial charge in [-0.1, -0.05) is 5.16 Å². The zero-order valence-electron chi connectivity index (χ0n) is 10.6. The molecule has 19 heavy (non-hydrogen) atoms. The summed E-state index contributed by atoms with van der Waals surface area (Å²) < 4.78 is 4.81. The number of aromatic nitrogens is 1. The smallest absolute Gasteiger partial charge is 0.407 e. The van der Waals surface area contributed by atoms with Gasteiger partial charge >= 0.3 is 6.09 Å². The SMILES string of the molecule is Cc1cc(C(=O)C2C(=O)CCN(C(=O)O)[C@H]2C)no1. The number of carboxylic acid groups (broad SMARTS) is 1. The van der Waals surface area contributed by atoms with Gasteiger partial charge in [0.15, 0.2) is 11.5 Å². The Hall–Kier alpha value is -2.18. The Labute approximate surface area is 109 Å². The van der Waals surface area contributed by atoms with Gasteiger partial charge in [0.25, 0.3) is 0 Å². The van der Waals surface area contributed by atoms with Crippen LogP contribution in [-0.2, 0) is 4.79 Å². The van der Waals surface area contributed by atoms with Gasteiger partial charge in [-0.3, -0.25) is 9.59 Å². The van der Waals surface area contributed by atoms with E-state index in [4.69, 9.17) is 9.63 Å². The van der Waals surface area contributed by atoms with Crippen molar-refractivity contribution in [2.45, 2.75) is 26.3 Å². The van der Waals surface area contributed by atoms with Crippen LogP contribution in [0.2, 0.25) is 0 Å². The molecular formula is C12H14N2O5. The maximum Gasteiger partial charge on any atom is 0.407 e. The summed E-state index contributed by atoms with van der Waals surface area (Å²) in [4.78, 5) is 36.3. The quantitative estimate of drug-likeness (QED) is 0.636. The second-order valence-corrected chi connectivity index (χ2v) is 4.60. The lowest BCUT2D eigenvalue weighted by Crippen LogP contribution is -2.52. The van der Waals surface area contributed by atoms with Gasteiger partial charge in [0, 0.05) is 25.1 Å². The number of carbonyl (C=O) groups excluding carboxylic acids is 2. The molecule has 1 aromatic rings. The third-order valence-corrected chi connectivity index (χ3v) is 3.33. The second kappa shape index (κ2) is 4.83. The van der Waals surface area contributed by atoms with Gasteiger partial charge in [-0.2, -0.15) is 0 Å².